The Kier molecular flexibility index (Phi) is 4.96. The van der Waals surface area contributed by atoms with Crippen LogP contribution in [-0.2, 0) is 9.53 Å². The molecule has 1 saturated heterocycles. The zero-order valence-electron chi connectivity index (χ0n) is 20.8. The summed E-state index contributed by atoms with van der Waals surface area (Å²) in [6.45, 7) is 5.89. The molecule has 1 aromatic carbocycles. The summed E-state index contributed by atoms with van der Waals surface area (Å²) in [6.07, 6.45) is 11.3. The number of rotatable bonds is 2. The number of hydrogen-bond donors (Lipinski definition) is 0. The third kappa shape index (κ3) is 3.07. The van der Waals surface area contributed by atoms with E-state index in [9.17, 15) is 4.79 Å². The first kappa shape index (κ1) is 21.6. The molecule has 3 heteroatoms. The van der Waals surface area contributed by atoms with E-state index < -0.39 is 0 Å². The van der Waals surface area contributed by atoms with Crippen molar-refractivity contribution < 1.29 is 9.53 Å². The van der Waals surface area contributed by atoms with Crippen LogP contribution >= 0.6 is 0 Å². The van der Waals surface area contributed by atoms with Gasteiger partial charge in [0, 0.05) is 44.1 Å². The van der Waals surface area contributed by atoms with E-state index in [0.29, 0.717) is 29.5 Å². The summed E-state index contributed by atoms with van der Waals surface area (Å²) in [5.74, 6) is 2.37. The monoisotopic (exact) mass is 445 g/mol. The Morgan fingerprint density at radius 3 is 2.58 bits per heavy atom. The molecule has 3 fully saturated rings. The van der Waals surface area contributed by atoms with Crippen LogP contribution in [0.15, 0.2) is 47.1 Å². The predicted molar refractivity (Wildman–Crippen MR) is 133 cm³/mol. The van der Waals surface area contributed by atoms with Crippen molar-refractivity contribution in [1.82, 2.24) is 0 Å². The molecule has 6 rings (SSSR count). The number of anilines is 1. The molecule has 0 aromatic heterocycles. The van der Waals surface area contributed by atoms with Gasteiger partial charge in [-0.3, -0.25) is 4.79 Å². The summed E-state index contributed by atoms with van der Waals surface area (Å²) in [5, 5.41) is 0. The summed E-state index contributed by atoms with van der Waals surface area (Å²) < 4.78 is 6.55. The van der Waals surface area contributed by atoms with E-state index in [2.05, 4.69) is 57.1 Å². The first-order valence-corrected chi connectivity index (χ1v) is 13.2. The van der Waals surface area contributed by atoms with Gasteiger partial charge in [-0.15, -0.1) is 0 Å². The molecule has 3 nitrogen and oxygen atoms in total. The predicted octanol–water partition coefficient (Wildman–Crippen LogP) is 6.45. The van der Waals surface area contributed by atoms with Crippen LogP contribution in [0.1, 0.15) is 76.7 Å². The average Bonchev–Trinajstić information content (AvgIpc) is 3.40. The molecular formula is C30H39NO2. The molecule has 0 N–H and O–H groups in total. The van der Waals surface area contributed by atoms with Crippen molar-refractivity contribution in [1.29, 1.82) is 0 Å². The van der Waals surface area contributed by atoms with E-state index in [4.69, 9.17) is 4.74 Å². The molecule has 0 amide bonds. The molecule has 1 aliphatic heterocycles. The number of carbonyl (C=O) groups excluding carboxylic acids is 1. The van der Waals surface area contributed by atoms with Gasteiger partial charge in [-0.1, -0.05) is 31.6 Å². The van der Waals surface area contributed by atoms with Gasteiger partial charge in [0.2, 0.25) is 0 Å². The maximum atomic E-state index is 12.9. The first-order valence-electron chi connectivity index (χ1n) is 13.2. The van der Waals surface area contributed by atoms with Gasteiger partial charge in [0.25, 0.3) is 0 Å². The number of nitrogens with zero attached hydrogens (tertiary/aromatic N) is 1. The van der Waals surface area contributed by atoms with Gasteiger partial charge in [-0.25, -0.2) is 0 Å². The van der Waals surface area contributed by atoms with Crippen molar-refractivity contribution in [3.8, 4) is 0 Å². The number of allylic oxidation sites excluding steroid dienone is 4. The molecular weight excluding hydrogens is 406 g/mol. The van der Waals surface area contributed by atoms with Crippen LogP contribution in [0.4, 0.5) is 5.69 Å². The Bertz CT molecular complexity index is 1030. The van der Waals surface area contributed by atoms with Crippen molar-refractivity contribution in [2.45, 2.75) is 76.7 Å². The molecule has 176 valence electrons. The van der Waals surface area contributed by atoms with Crippen molar-refractivity contribution in [3.05, 3.63) is 52.6 Å². The lowest BCUT2D eigenvalue weighted by molar-refractivity contribution is -0.115. The summed E-state index contributed by atoms with van der Waals surface area (Å²) in [7, 11) is 4.17. The summed E-state index contributed by atoms with van der Waals surface area (Å²) in [4.78, 5) is 15.0. The van der Waals surface area contributed by atoms with E-state index in [-0.39, 0.29) is 11.5 Å². The minimum Gasteiger partial charge on any atom is -0.378 e. The molecule has 2 saturated carbocycles. The first-order chi connectivity index (χ1) is 15.8. The molecule has 1 spiro atoms. The minimum atomic E-state index is 0.136. The third-order valence-corrected chi connectivity index (χ3v) is 10.3. The number of carbonyl (C=O) groups is 1. The van der Waals surface area contributed by atoms with Gasteiger partial charge in [0.05, 0.1) is 5.60 Å². The highest BCUT2D eigenvalue weighted by molar-refractivity contribution is 5.94. The lowest BCUT2D eigenvalue weighted by Crippen LogP contribution is -2.50. The molecule has 0 radical (unpaired) electrons. The van der Waals surface area contributed by atoms with Crippen molar-refractivity contribution in [3.63, 3.8) is 0 Å². The fourth-order valence-electron chi connectivity index (χ4n) is 8.63. The molecule has 3 unspecified atom stereocenters. The second kappa shape index (κ2) is 7.57. The average molecular weight is 446 g/mol. The summed E-state index contributed by atoms with van der Waals surface area (Å²) >= 11 is 0. The number of ketones is 1. The smallest absolute Gasteiger partial charge is 0.156 e. The highest BCUT2D eigenvalue weighted by Gasteiger charge is 2.63. The Morgan fingerprint density at radius 1 is 1.09 bits per heavy atom. The van der Waals surface area contributed by atoms with Gasteiger partial charge < -0.3 is 9.64 Å². The Labute approximate surface area is 199 Å². The Morgan fingerprint density at radius 2 is 1.88 bits per heavy atom. The number of benzene rings is 1. The van der Waals surface area contributed by atoms with E-state index in [1.165, 1.54) is 61.8 Å². The third-order valence-electron chi connectivity index (χ3n) is 10.3. The van der Waals surface area contributed by atoms with Crippen LogP contribution in [0.5, 0.6) is 0 Å². The number of hydrogen-bond acceptors (Lipinski definition) is 3. The maximum absolute atomic E-state index is 12.9. The zero-order valence-corrected chi connectivity index (χ0v) is 20.8. The van der Waals surface area contributed by atoms with Gasteiger partial charge in [-0.05, 0) is 97.6 Å². The van der Waals surface area contributed by atoms with Crippen LogP contribution in [-0.4, -0.2) is 32.1 Å². The van der Waals surface area contributed by atoms with Crippen LogP contribution in [0.2, 0.25) is 0 Å². The lowest BCUT2D eigenvalue weighted by atomic mass is 9.52. The Hall–Kier alpha value is -1.87. The topological polar surface area (TPSA) is 29.5 Å². The van der Waals surface area contributed by atoms with Crippen LogP contribution in [0.25, 0.3) is 0 Å². The van der Waals surface area contributed by atoms with E-state index in [1.54, 1.807) is 11.1 Å². The quantitative estimate of drug-likeness (QED) is 0.524. The van der Waals surface area contributed by atoms with Crippen molar-refractivity contribution >= 4 is 11.5 Å². The number of fused-ring (bicyclic) bond motifs is 5. The fourth-order valence-corrected chi connectivity index (χ4v) is 8.63. The SMILES string of the molecule is CC1C[C@@H]2C(=C3C1=CC(=O)CC3c1ccc(N(C)C)cc1)CC[C@@]1(C)[C@H]2CCC12CCCO2. The Balaban J connectivity index is 1.43. The molecule has 5 aliphatic rings. The molecule has 33 heavy (non-hydrogen) atoms. The largest absolute Gasteiger partial charge is 0.378 e. The van der Waals surface area contributed by atoms with Gasteiger partial charge >= 0.3 is 0 Å². The van der Waals surface area contributed by atoms with Crippen LogP contribution in [0.3, 0.4) is 0 Å². The highest BCUT2D eigenvalue weighted by atomic mass is 16.5. The standard InChI is InChI=1S/C30H39NO2/c1-19-16-26-23(10-13-29(2)27(26)11-14-30(29)12-5-15-33-30)28-24(19)17-22(32)18-25(28)20-6-8-21(9-7-20)31(3)4/h6-9,17,19,25-27H,5,10-16,18H2,1-4H3/t19?,25?,26-,27+,29+,30?/m1/s1. The number of ether oxygens (including phenoxy) is 1. The highest BCUT2D eigenvalue weighted by Crippen LogP contribution is 2.67. The second-order valence-corrected chi connectivity index (χ2v) is 12.0. The van der Waals surface area contributed by atoms with Crippen molar-refractivity contribution in [2.24, 2.45) is 23.2 Å². The molecule has 4 aliphatic carbocycles. The molecule has 1 heterocycles. The normalized spacial score (nSPS) is 39.9. The van der Waals surface area contributed by atoms with E-state index in [0.717, 1.165) is 12.5 Å². The maximum Gasteiger partial charge on any atom is 0.156 e. The summed E-state index contributed by atoms with van der Waals surface area (Å²) in [6, 6.07) is 8.95. The minimum absolute atomic E-state index is 0.136. The molecule has 1 aromatic rings. The second-order valence-electron chi connectivity index (χ2n) is 12.0. The molecule has 6 atom stereocenters. The van der Waals surface area contributed by atoms with Gasteiger partial charge in [0.15, 0.2) is 5.78 Å². The van der Waals surface area contributed by atoms with E-state index >= 15 is 0 Å². The lowest BCUT2D eigenvalue weighted by Gasteiger charge is -2.53. The summed E-state index contributed by atoms with van der Waals surface area (Å²) in [5.41, 5.74) is 7.57. The van der Waals surface area contributed by atoms with Crippen molar-refractivity contribution in [2.75, 3.05) is 25.6 Å². The fraction of sp³-hybridized carbons (Fsp3) is 0.633. The van der Waals surface area contributed by atoms with Gasteiger partial charge in [-0.2, -0.15) is 0 Å². The molecule has 0 bridgehead atoms. The van der Waals surface area contributed by atoms with Gasteiger partial charge in [0.1, 0.15) is 0 Å². The van der Waals surface area contributed by atoms with Crippen LogP contribution in [0, 0.1) is 23.2 Å². The van der Waals surface area contributed by atoms with Crippen LogP contribution < -0.4 is 4.90 Å². The zero-order chi connectivity index (χ0) is 23.0. The van der Waals surface area contributed by atoms with E-state index in [1.807, 2.05) is 6.08 Å².